The molecule has 2 aliphatic rings. The number of hydrogen-bond donors (Lipinski definition) is 4. The van der Waals surface area contributed by atoms with Crippen LogP contribution in [0, 0.1) is 58.2 Å². The number of hydrogen-bond acceptors (Lipinski definition) is 4. The summed E-state index contributed by atoms with van der Waals surface area (Å²) >= 11 is 0. The smallest absolute Gasteiger partial charge is 0.200 e. The van der Waals surface area contributed by atoms with E-state index in [9.17, 15) is 43.9 Å². The minimum absolute atomic E-state index is 0.159. The number of benzene rings is 5. The lowest BCUT2D eigenvalue weighted by Gasteiger charge is -2.11. The summed E-state index contributed by atoms with van der Waals surface area (Å²) in [7, 11) is 0. The lowest BCUT2D eigenvalue weighted by Crippen LogP contribution is -2.12. The van der Waals surface area contributed by atoms with E-state index < -0.39 is 69.3 Å². The zero-order chi connectivity index (χ0) is 34.7. The highest BCUT2D eigenvalue weighted by atomic mass is 19.2. The molecule has 0 spiro atoms. The van der Waals surface area contributed by atoms with Crippen molar-refractivity contribution in [3.63, 3.8) is 0 Å². The van der Waals surface area contributed by atoms with Gasteiger partial charge in [-0.25, -0.2) is 43.9 Å². The van der Waals surface area contributed by atoms with E-state index in [0.29, 0.717) is 33.4 Å². The first-order valence-corrected chi connectivity index (χ1v) is 13.7. The Morgan fingerprint density at radius 3 is 0.875 bits per heavy atom. The summed E-state index contributed by atoms with van der Waals surface area (Å²) < 4.78 is 142. The fourth-order valence-corrected chi connectivity index (χ4v) is 6.37. The second-order valence-electron chi connectivity index (χ2n) is 11.0. The highest BCUT2D eigenvalue weighted by Gasteiger charge is 2.35. The van der Waals surface area contributed by atoms with Crippen molar-refractivity contribution in [1.82, 2.24) is 0 Å². The molecule has 7 rings (SSSR count). The lowest BCUT2D eigenvalue weighted by molar-refractivity contribution is 0.381. The molecule has 14 heteroatoms. The summed E-state index contributed by atoms with van der Waals surface area (Å²) in [6, 6.07) is 10.6. The Balaban J connectivity index is 1.42. The van der Waals surface area contributed by atoms with Crippen molar-refractivity contribution in [3.8, 4) is 44.5 Å². The van der Waals surface area contributed by atoms with Gasteiger partial charge in [-0.15, -0.1) is 0 Å². The van der Waals surface area contributed by atoms with E-state index in [-0.39, 0.29) is 45.0 Å². The van der Waals surface area contributed by atoms with Crippen LogP contribution in [0.1, 0.15) is 22.3 Å². The second kappa shape index (κ2) is 10.3. The normalized spacial score (nSPS) is 12.6. The SMILES string of the molecule is NC(N)=C1c2cc(-c3c(F)c(F)c(F)c(F)c3F)ccc2-c2cc3c(cc21)-c1ccc(-c2c(F)c(F)c(F)c(F)c2F)cc1C3=C(N)N. The molecule has 0 atom stereocenters. The Morgan fingerprint density at radius 1 is 0.312 bits per heavy atom. The standard InChI is InChI=1S/C34H16F10N4/c35-23-19(24(36)28(40)31(43)27(23)39)9-1-3-11-13-7-18-14(8-17(13)21(33(45)46)15(11)5-9)12-4-2-10(6-16(12)22(18)34(47)48)20-25(37)29(41)32(44)30(42)26(20)38/h1-8H,45-48H2. The Labute approximate surface area is 263 Å². The fourth-order valence-electron chi connectivity index (χ4n) is 6.37. The molecule has 5 aromatic carbocycles. The molecular formula is C34H16F10N4. The summed E-state index contributed by atoms with van der Waals surface area (Å²) in [5, 5.41) is 0. The Morgan fingerprint density at radius 2 is 0.583 bits per heavy atom. The average Bonchev–Trinajstić information content (AvgIpc) is 3.55. The molecule has 0 saturated heterocycles. The van der Waals surface area contributed by atoms with Gasteiger partial charge in [0, 0.05) is 11.1 Å². The second-order valence-corrected chi connectivity index (χ2v) is 11.0. The maximum Gasteiger partial charge on any atom is 0.200 e. The van der Waals surface area contributed by atoms with E-state index in [0.717, 1.165) is 12.1 Å². The van der Waals surface area contributed by atoms with Gasteiger partial charge in [0.25, 0.3) is 0 Å². The summed E-state index contributed by atoms with van der Waals surface area (Å²) in [5.74, 6) is -21.8. The Bertz CT molecular complexity index is 2160. The molecule has 242 valence electrons. The van der Waals surface area contributed by atoms with Crippen molar-refractivity contribution >= 4 is 11.1 Å². The third-order valence-electron chi connectivity index (χ3n) is 8.43. The molecule has 2 aliphatic carbocycles. The molecule has 5 aromatic rings. The Kier molecular flexibility index (Phi) is 6.59. The molecule has 0 aliphatic heterocycles. The highest BCUT2D eigenvalue weighted by molar-refractivity contribution is 6.10. The van der Waals surface area contributed by atoms with Crippen LogP contribution in [-0.4, -0.2) is 0 Å². The van der Waals surface area contributed by atoms with Gasteiger partial charge in [0.15, 0.2) is 46.5 Å². The van der Waals surface area contributed by atoms with E-state index >= 15 is 0 Å². The highest BCUT2D eigenvalue weighted by Crippen LogP contribution is 2.54. The van der Waals surface area contributed by atoms with Gasteiger partial charge in [0.1, 0.15) is 11.6 Å². The predicted octanol–water partition coefficient (Wildman–Crippen LogP) is 7.64. The molecule has 48 heavy (non-hydrogen) atoms. The van der Waals surface area contributed by atoms with Crippen molar-refractivity contribution in [2.75, 3.05) is 0 Å². The first kappa shape index (κ1) is 30.7. The van der Waals surface area contributed by atoms with Crippen molar-refractivity contribution in [2.24, 2.45) is 22.9 Å². The number of halogens is 10. The number of nitrogens with two attached hydrogens (primary N) is 4. The van der Waals surface area contributed by atoms with Crippen molar-refractivity contribution in [2.45, 2.75) is 0 Å². The number of fused-ring (bicyclic) bond motifs is 6. The van der Waals surface area contributed by atoms with Crippen LogP contribution in [-0.2, 0) is 0 Å². The molecule has 4 nitrogen and oxygen atoms in total. The average molecular weight is 671 g/mol. The largest absolute Gasteiger partial charge is 0.385 e. The van der Waals surface area contributed by atoms with Crippen LogP contribution in [0.2, 0.25) is 0 Å². The van der Waals surface area contributed by atoms with E-state index in [1.807, 2.05) is 0 Å². The van der Waals surface area contributed by atoms with Crippen LogP contribution in [0.4, 0.5) is 43.9 Å². The molecule has 0 unspecified atom stereocenters. The summed E-state index contributed by atoms with van der Waals surface area (Å²) in [6.45, 7) is 0. The first-order chi connectivity index (χ1) is 22.6. The zero-order valence-corrected chi connectivity index (χ0v) is 23.7. The molecule has 0 heterocycles. The van der Waals surface area contributed by atoms with Gasteiger partial charge >= 0.3 is 0 Å². The van der Waals surface area contributed by atoms with Crippen LogP contribution < -0.4 is 22.9 Å². The predicted molar refractivity (Wildman–Crippen MR) is 157 cm³/mol. The lowest BCUT2D eigenvalue weighted by atomic mass is 9.95. The van der Waals surface area contributed by atoms with E-state index in [4.69, 9.17) is 22.9 Å². The maximum atomic E-state index is 14.7. The summed E-state index contributed by atoms with van der Waals surface area (Å²) in [5.41, 5.74) is 24.2. The monoisotopic (exact) mass is 670 g/mol. The third-order valence-corrected chi connectivity index (χ3v) is 8.43. The molecular weight excluding hydrogens is 654 g/mol. The van der Waals surface area contributed by atoms with Gasteiger partial charge in [-0.1, -0.05) is 24.3 Å². The van der Waals surface area contributed by atoms with Gasteiger partial charge in [0.2, 0.25) is 11.6 Å². The van der Waals surface area contributed by atoms with E-state index in [1.54, 1.807) is 12.1 Å². The van der Waals surface area contributed by atoms with Gasteiger partial charge in [-0.05, 0) is 79.9 Å². The van der Waals surface area contributed by atoms with Crippen molar-refractivity contribution in [3.05, 3.63) is 141 Å². The van der Waals surface area contributed by atoms with E-state index in [2.05, 4.69) is 0 Å². The van der Waals surface area contributed by atoms with Gasteiger partial charge in [-0.3, -0.25) is 0 Å². The van der Waals surface area contributed by atoms with Crippen LogP contribution in [0.3, 0.4) is 0 Å². The third kappa shape index (κ3) is 3.98. The zero-order valence-electron chi connectivity index (χ0n) is 23.7. The molecule has 0 radical (unpaired) electrons. The minimum Gasteiger partial charge on any atom is -0.385 e. The molecule has 0 bridgehead atoms. The van der Waals surface area contributed by atoms with E-state index in [1.165, 1.54) is 24.3 Å². The van der Waals surface area contributed by atoms with Gasteiger partial charge < -0.3 is 22.9 Å². The van der Waals surface area contributed by atoms with Crippen LogP contribution >= 0.6 is 0 Å². The molecule has 0 amide bonds. The van der Waals surface area contributed by atoms with Gasteiger partial charge in [-0.2, -0.15) is 0 Å². The van der Waals surface area contributed by atoms with Crippen LogP contribution in [0.15, 0.2) is 60.2 Å². The number of rotatable bonds is 2. The summed E-state index contributed by atoms with van der Waals surface area (Å²) in [6.07, 6.45) is 0. The van der Waals surface area contributed by atoms with Crippen LogP contribution in [0.25, 0.3) is 55.7 Å². The van der Waals surface area contributed by atoms with Crippen LogP contribution in [0.5, 0.6) is 0 Å². The molecule has 0 fully saturated rings. The molecule has 0 saturated carbocycles. The summed E-state index contributed by atoms with van der Waals surface area (Å²) in [4.78, 5) is 0. The minimum atomic E-state index is -2.31. The van der Waals surface area contributed by atoms with Gasteiger partial charge in [0.05, 0.1) is 11.1 Å². The quantitative estimate of drug-likeness (QED) is 0.0863. The first-order valence-electron chi connectivity index (χ1n) is 13.7. The van der Waals surface area contributed by atoms with Crippen molar-refractivity contribution in [1.29, 1.82) is 0 Å². The maximum absolute atomic E-state index is 14.7. The van der Waals surface area contributed by atoms with Crippen molar-refractivity contribution < 1.29 is 43.9 Å². The Hall–Kier alpha value is -5.92. The molecule has 8 N–H and O–H groups in total. The molecule has 0 aromatic heterocycles. The topological polar surface area (TPSA) is 104 Å². The fraction of sp³-hybridized carbons (Fsp3) is 0.